The van der Waals surface area contributed by atoms with Gasteiger partial charge in [0, 0.05) is 44.3 Å². The summed E-state index contributed by atoms with van der Waals surface area (Å²) in [6, 6.07) is 2.12. The number of carbonyl (C=O) groups is 1. The molecule has 126 valence electrons. The number of hydrogen-bond donors (Lipinski definition) is 0. The monoisotopic (exact) mass is 316 g/mol. The largest absolute Gasteiger partial charge is 0.340 e. The summed E-state index contributed by atoms with van der Waals surface area (Å²) >= 11 is 0. The van der Waals surface area contributed by atoms with E-state index in [1.54, 1.807) is 0 Å². The Morgan fingerprint density at radius 2 is 1.96 bits per heavy atom. The van der Waals surface area contributed by atoms with E-state index < -0.39 is 0 Å². The minimum absolute atomic E-state index is 0.223. The van der Waals surface area contributed by atoms with Crippen LogP contribution in [0.25, 0.3) is 0 Å². The molecule has 2 aliphatic rings. The van der Waals surface area contributed by atoms with Gasteiger partial charge in [-0.1, -0.05) is 12.2 Å². The summed E-state index contributed by atoms with van der Waals surface area (Å²) < 4.78 is 2.08. The molecule has 5 heteroatoms. The highest BCUT2D eigenvalue weighted by atomic mass is 16.2. The highest BCUT2D eigenvalue weighted by Gasteiger charge is 2.27. The van der Waals surface area contributed by atoms with E-state index in [1.165, 1.54) is 5.69 Å². The van der Waals surface area contributed by atoms with Crippen LogP contribution in [0.3, 0.4) is 0 Å². The Hall–Kier alpha value is -1.62. The molecule has 0 radical (unpaired) electrons. The van der Waals surface area contributed by atoms with E-state index in [0.717, 1.165) is 64.2 Å². The van der Waals surface area contributed by atoms with Crippen LogP contribution in [0.1, 0.15) is 30.7 Å². The summed E-state index contributed by atoms with van der Waals surface area (Å²) in [6.07, 6.45) is 7.36. The first kappa shape index (κ1) is 16.2. The summed E-state index contributed by atoms with van der Waals surface area (Å²) in [5.74, 6) is 0.591. The number of aryl methyl sites for hydroxylation is 2. The molecule has 1 fully saturated rings. The number of carbonyl (C=O) groups excluding carboxylic acids is 1. The van der Waals surface area contributed by atoms with Crippen LogP contribution in [0.2, 0.25) is 0 Å². The third kappa shape index (κ3) is 4.02. The van der Waals surface area contributed by atoms with Gasteiger partial charge in [-0.3, -0.25) is 14.4 Å². The summed E-state index contributed by atoms with van der Waals surface area (Å²) in [7, 11) is 0. The van der Waals surface area contributed by atoms with Gasteiger partial charge in [0.15, 0.2) is 0 Å². The minimum atomic E-state index is 0.223. The maximum atomic E-state index is 12.5. The van der Waals surface area contributed by atoms with Crippen molar-refractivity contribution in [2.45, 2.75) is 39.7 Å². The normalized spacial score (nSPS) is 22.5. The van der Waals surface area contributed by atoms with Crippen molar-refractivity contribution in [3.05, 3.63) is 29.6 Å². The fourth-order valence-corrected chi connectivity index (χ4v) is 3.61. The van der Waals surface area contributed by atoms with Gasteiger partial charge >= 0.3 is 0 Å². The van der Waals surface area contributed by atoms with Crippen LogP contribution in [0.15, 0.2) is 18.2 Å². The van der Waals surface area contributed by atoms with Crippen molar-refractivity contribution in [2.24, 2.45) is 5.92 Å². The van der Waals surface area contributed by atoms with Gasteiger partial charge in [0.2, 0.25) is 5.91 Å². The van der Waals surface area contributed by atoms with E-state index in [9.17, 15) is 4.79 Å². The predicted molar refractivity (Wildman–Crippen MR) is 91.2 cm³/mol. The van der Waals surface area contributed by atoms with E-state index in [2.05, 4.69) is 44.7 Å². The molecule has 1 unspecified atom stereocenters. The van der Waals surface area contributed by atoms with E-state index in [1.807, 2.05) is 6.92 Å². The predicted octanol–water partition coefficient (Wildman–Crippen LogP) is 2.00. The number of amides is 1. The van der Waals surface area contributed by atoms with Crippen LogP contribution >= 0.6 is 0 Å². The van der Waals surface area contributed by atoms with Gasteiger partial charge in [-0.25, -0.2) is 0 Å². The van der Waals surface area contributed by atoms with Crippen LogP contribution < -0.4 is 0 Å². The molecule has 1 amide bonds. The van der Waals surface area contributed by atoms with Crippen molar-refractivity contribution in [2.75, 3.05) is 32.7 Å². The van der Waals surface area contributed by atoms with Crippen molar-refractivity contribution in [3.8, 4) is 0 Å². The van der Waals surface area contributed by atoms with Crippen molar-refractivity contribution < 1.29 is 4.79 Å². The highest BCUT2D eigenvalue weighted by Crippen LogP contribution is 2.21. The highest BCUT2D eigenvalue weighted by molar-refractivity contribution is 5.79. The first-order chi connectivity index (χ1) is 11.1. The maximum absolute atomic E-state index is 12.5. The van der Waals surface area contributed by atoms with E-state index in [-0.39, 0.29) is 5.92 Å². The van der Waals surface area contributed by atoms with Gasteiger partial charge in [-0.05, 0) is 39.2 Å². The van der Waals surface area contributed by atoms with E-state index in [0.29, 0.717) is 5.91 Å². The van der Waals surface area contributed by atoms with Gasteiger partial charge in [0.1, 0.15) is 0 Å². The summed E-state index contributed by atoms with van der Waals surface area (Å²) in [5.41, 5.74) is 2.31. The lowest BCUT2D eigenvalue weighted by atomic mass is 9.93. The Bertz CT molecular complexity index is 570. The summed E-state index contributed by atoms with van der Waals surface area (Å²) in [5, 5.41) is 4.52. The second-order valence-corrected chi connectivity index (χ2v) is 6.80. The van der Waals surface area contributed by atoms with Gasteiger partial charge in [-0.15, -0.1) is 0 Å². The fraction of sp³-hybridized carbons (Fsp3) is 0.667. The van der Waals surface area contributed by atoms with E-state index in [4.69, 9.17) is 0 Å². The lowest BCUT2D eigenvalue weighted by Crippen LogP contribution is -2.51. The fourth-order valence-electron chi connectivity index (χ4n) is 3.61. The Morgan fingerprint density at radius 1 is 1.17 bits per heavy atom. The zero-order valence-corrected chi connectivity index (χ0v) is 14.4. The molecule has 1 aliphatic heterocycles. The SMILES string of the molecule is Cc1cc(C)n(CCN2CCN(C(=O)C3CC=CCC3)CC2)n1. The number of nitrogens with zero attached hydrogens (tertiary/aromatic N) is 4. The first-order valence-corrected chi connectivity index (χ1v) is 8.80. The van der Waals surface area contributed by atoms with Crippen LogP contribution in [0.5, 0.6) is 0 Å². The molecule has 0 spiro atoms. The lowest BCUT2D eigenvalue weighted by Gasteiger charge is -2.36. The number of aromatic nitrogens is 2. The second-order valence-electron chi connectivity index (χ2n) is 6.80. The lowest BCUT2D eigenvalue weighted by molar-refractivity contribution is -0.137. The molecule has 1 aliphatic carbocycles. The molecule has 5 nitrogen and oxygen atoms in total. The number of hydrogen-bond acceptors (Lipinski definition) is 3. The Labute approximate surface area is 138 Å². The number of allylic oxidation sites excluding steroid dienone is 2. The van der Waals surface area contributed by atoms with Crippen LogP contribution in [0.4, 0.5) is 0 Å². The Balaban J connectivity index is 1.44. The summed E-state index contributed by atoms with van der Waals surface area (Å²) in [4.78, 5) is 17.1. The van der Waals surface area contributed by atoms with Gasteiger partial charge in [0.05, 0.1) is 12.2 Å². The third-order valence-electron chi connectivity index (χ3n) is 5.03. The first-order valence-electron chi connectivity index (χ1n) is 8.80. The van der Waals surface area contributed by atoms with Crippen LogP contribution in [0, 0.1) is 19.8 Å². The van der Waals surface area contributed by atoms with Crippen molar-refractivity contribution in [1.82, 2.24) is 19.6 Å². The molecule has 1 aromatic rings. The van der Waals surface area contributed by atoms with Crippen LogP contribution in [-0.2, 0) is 11.3 Å². The second kappa shape index (κ2) is 7.30. The zero-order valence-electron chi connectivity index (χ0n) is 14.4. The Kier molecular flexibility index (Phi) is 5.16. The average molecular weight is 316 g/mol. The van der Waals surface area contributed by atoms with Crippen LogP contribution in [-0.4, -0.2) is 58.2 Å². The molecular formula is C18H28N4O. The molecule has 0 bridgehead atoms. The number of rotatable bonds is 4. The average Bonchev–Trinajstić information content (AvgIpc) is 2.91. The number of piperazine rings is 1. The molecule has 3 rings (SSSR count). The molecular weight excluding hydrogens is 288 g/mol. The van der Waals surface area contributed by atoms with Gasteiger partial charge in [0.25, 0.3) is 0 Å². The van der Waals surface area contributed by atoms with Gasteiger partial charge < -0.3 is 4.90 Å². The van der Waals surface area contributed by atoms with Crippen molar-refractivity contribution >= 4 is 5.91 Å². The Morgan fingerprint density at radius 3 is 2.57 bits per heavy atom. The van der Waals surface area contributed by atoms with Crippen molar-refractivity contribution in [3.63, 3.8) is 0 Å². The molecule has 2 heterocycles. The van der Waals surface area contributed by atoms with Gasteiger partial charge in [-0.2, -0.15) is 5.10 Å². The molecule has 23 heavy (non-hydrogen) atoms. The smallest absolute Gasteiger partial charge is 0.226 e. The molecule has 0 aromatic carbocycles. The minimum Gasteiger partial charge on any atom is -0.340 e. The molecule has 1 atom stereocenters. The maximum Gasteiger partial charge on any atom is 0.226 e. The van der Waals surface area contributed by atoms with E-state index >= 15 is 0 Å². The zero-order chi connectivity index (χ0) is 16.2. The summed E-state index contributed by atoms with van der Waals surface area (Å²) in [6.45, 7) is 9.79. The third-order valence-corrected chi connectivity index (χ3v) is 5.03. The topological polar surface area (TPSA) is 41.4 Å². The molecule has 1 saturated heterocycles. The standard InChI is InChI=1S/C18H28N4O/c1-15-14-16(2)22(19-15)13-10-20-8-11-21(12-9-20)18(23)17-6-4-3-5-7-17/h3-4,14,17H,5-13H2,1-2H3. The van der Waals surface area contributed by atoms with Crippen molar-refractivity contribution in [1.29, 1.82) is 0 Å². The molecule has 0 saturated carbocycles. The molecule has 1 aromatic heterocycles. The molecule has 0 N–H and O–H groups in total. The quantitative estimate of drug-likeness (QED) is 0.798.